The molecular weight excluding hydrogens is 220 g/mol. The maximum Gasteiger partial charge on any atom is 0.349 e. The lowest BCUT2D eigenvalue weighted by Crippen LogP contribution is -2.18. The molecule has 0 bridgehead atoms. The molecule has 0 amide bonds. The maximum atomic E-state index is 11.1. The van der Waals surface area contributed by atoms with Crippen molar-refractivity contribution in [1.29, 1.82) is 0 Å². The summed E-state index contributed by atoms with van der Waals surface area (Å²) in [7, 11) is 0. The fraction of sp³-hybridized carbons (Fsp3) is 0.0833. The van der Waals surface area contributed by atoms with E-state index in [-0.39, 0.29) is 0 Å². The topological polar surface area (TPSA) is 72.3 Å². The summed E-state index contributed by atoms with van der Waals surface area (Å²) < 4.78 is 5.38. The largest absolute Gasteiger partial charge is 0.478 e. The third kappa shape index (κ3) is 2.78. The van der Waals surface area contributed by atoms with Crippen molar-refractivity contribution < 1.29 is 14.6 Å². The number of nitrogens with zero attached hydrogens (tertiary/aromatic N) is 2. The zero-order valence-electron chi connectivity index (χ0n) is 8.85. The molecule has 0 aliphatic heterocycles. The lowest BCUT2D eigenvalue weighted by molar-refractivity contribution is -0.145. The number of carboxylic acid groups (broad SMARTS) is 1. The molecule has 2 aromatic rings. The highest BCUT2D eigenvalue weighted by Gasteiger charge is 2.21. The van der Waals surface area contributed by atoms with E-state index in [2.05, 4.69) is 9.97 Å². The molecule has 86 valence electrons. The molecule has 17 heavy (non-hydrogen) atoms. The minimum absolute atomic E-state index is 0.455. The number of aromatic nitrogens is 2. The summed E-state index contributed by atoms with van der Waals surface area (Å²) in [5, 5.41) is 9.12. The summed E-state index contributed by atoms with van der Waals surface area (Å²) in [5.41, 5.74) is 0.497. The smallest absolute Gasteiger partial charge is 0.349 e. The van der Waals surface area contributed by atoms with Gasteiger partial charge in [0.1, 0.15) is 5.75 Å². The maximum absolute atomic E-state index is 11.1. The molecule has 0 aliphatic carbocycles. The molecule has 0 radical (unpaired) electrons. The zero-order chi connectivity index (χ0) is 12.1. The third-order valence-corrected chi connectivity index (χ3v) is 2.12. The number of rotatable bonds is 4. The van der Waals surface area contributed by atoms with Crippen LogP contribution in [0.5, 0.6) is 5.75 Å². The Morgan fingerprint density at radius 3 is 2.53 bits per heavy atom. The average Bonchev–Trinajstić information content (AvgIpc) is 2.38. The van der Waals surface area contributed by atoms with Gasteiger partial charge in [0.05, 0.1) is 0 Å². The van der Waals surface area contributed by atoms with Crippen LogP contribution < -0.4 is 4.74 Å². The Balaban J connectivity index is 2.23. The summed E-state index contributed by atoms with van der Waals surface area (Å²) in [6.07, 6.45) is 5.06. The predicted molar refractivity (Wildman–Crippen MR) is 59.5 cm³/mol. The van der Waals surface area contributed by atoms with E-state index in [0.717, 1.165) is 0 Å². The highest BCUT2D eigenvalue weighted by molar-refractivity contribution is 5.74. The van der Waals surface area contributed by atoms with Crippen molar-refractivity contribution in [2.75, 3.05) is 0 Å². The molecule has 2 rings (SSSR count). The van der Waals surface area contributed by atoms with Crippen molar-refractivity contribution in [3.63, 3.8) is 0 Å². The normalized spacial score (nSPS) is 11.8. The molecule has 0 fully saturated rings. The fourth-order valence-corrected chi connectivity index (χ4v) is 1.34. The minimum Gasteiger partial charge on any atom is -0.478 e. The van der Waals surface area contributed by atoms with Gasteiger partial charge in [0.25, 0.3) is 0 Å². The van der Waals surface area contributed by atoms with E-state index < -0.39 is 12.1 Å². The fourth-order valence-electron chi connectivity index (χ4n) is 1.34. The van der Waals surface area contributed by atoms with Gasteiger partial charge >= 0.3 is 5.97 Å². The minimum atomic E-state index is -1.06. The van der Waals surface area contributed by atoms with Gasteiger partial charge < -0.3 is 9.84 Å². The monoisotopic (exact) mass is 230 g/mol. The summed E-state index contributed by atoms with van der Waals surface area (Å²) in [4.78, 5) is 18.8. The van der Waals surface area contributed by atoms with E-state index in [1.807, 2.05) is 0 Å². The Labute approximate surface area is 97.7 Å². The highest BCUT2D eigenvalue weighted by Crippen LogP contribution is 2.20. The van der Waals surface area contributed by atoms with Crippen molar-refractivity contribution in [2.24, 2.45) is 0 Å². The number of carboxylic acids is 1. The average molecular weight is 230 g/mol. The van der Waals surface area contributed by atoms with Crippen LogP contribution >= 0.6 is 0 Å². The number of aliphatic carboxylic acids is 1. The van der Waals surface area contributed by atoms with Crippen LogP contribution in [0.1, 0.15) is 11.7 Å². The van der Waals surface area contributed by atoms with Gasteiger partial charge in [-0.15, -0.1) is 0 Å². The van der Waals surface area contributed by atoms with E-state index >= 15 is 0 Å². The first-order valence-corrected chi connectivity index (χ1v) is 4.97. The van der Waals surface area contributed by atoms with Gasteiger partial charge in [-0.25, -0.2) is 4.79 Å². The van der Waals surface area contributed by atoms with Crippen LogP contribution in [0.15, 0.2) is 49.1 Å². The van der Waals surface area contributed by atoms with E-state index in [9.17, 15) is 4.79 Å². The van der Waals surface area contributed by atoms with Gasteiger partial charge in [0.15, 0.2) is 0 Å². The first-order chi connectivity index (χ1) is 8.27. The lowest BCUT2D eigenvalue weighted by atomic mass is 10.1. The molecule has 0 aromatic carbocycles. The van der Waals surface area contributed by atoms with Crippen molar-refractivity contribution in [2.45, 2.75) is 6.10 Å². The first kappa shape index (κ1) is 11.1. The molecule has 2 heterocycles. The van der Waals surface area contributed by atoms with Crippen LogP contribution in [-0.4, -0.2) is 21.0 Å². The molecule has 5 nitrogen and oxygen atoms in total. The molecule has 0 spiro atoms. The van der Waals surface area contributed by atoms with Gasteiger partial charge in [-0.2, -0.15) is 0 Å². The highest BCUT2D eigenvalue weighted by atomic mass is 16.5. The third-order valence-electron chi connectivity index (χ3n) is 2.12. The molecule has 2 aromatic heterocycles. The van der Waals surface area contributed by atoms with Crippen LogP contribution in [0.25, 0.3) is 0 Å². The Morgan fingerprint density at radius 2 is 1.94 bits per heavy atom. The molecule has 1 unspecified atom stereocenters. The second-order valence-corrected chi connectivity index (χ2v) is 3.31. The van der Waals surface area contributed by atoms with Gasteiger partial charge in [0, 0.05) is 30.4 Å². The molecule has 1 atom stereocenters. The number of hydrogen-bond acceptors (Lipinski definition) is 4. The van der Waals surface area contributed by atoms with Gasteiger partial charge in [-0.05, 0) is 18.2 Å². The second-order valence-electron chi connectivity index (χ2n) is 3.31. The van der Waals surface area contributed by atoms with Crippen LogP contribution in [0, 0.1) is 0 Å². The molecular formula is C12H10N2O3. The number of pyridine rings is 2. The van der Waals surface area contributed by atoms with Crippen LogP contribution in [0.2, 0.25) is 0 Å². The molecule has 5 heteroatoms. The molecule has 0 saturated carbocycles. The molecule has 1 N–H and O–H groups in total. The zero-order valence-corrected chi connectivity index (χ0v) is 8.85. The van der Waals surface area contributed by atoms with E-state index in [1.165, 1.54) is 18.6 Å². The van der Waals surface area contributed by atoms with Crippen molar-refractivity contribution in [3.05, 3.63) is 54.6 Å². The van der Waals surface area contributed by atoms with E-state index in [4.69, 9.17) is 9.84 Å². The van der Waals surface area contributed by atoms with Crippen LogP contribution in [0.4, 0.5) is 0 Å². The molecule has 0 aliphatic rings. The van der Waals surface area contributed by atoms with Crippen molar-refractivity contribution >= 4 is 5.97 Å². The van der Waals surface area contributed by atoms with Gasteiger partial charge in [-0.3, -0.25) is 9.97 Å². The first-order valence-electron chi connectivity index (χ1n) is 4.97. The predicted octanol–water partition coefficient (Wildman–Crippen LogP) is 1.68. The lowest BCUT2D eigenvalue weighted by Gasteiger charge is -2.14. The van der Waals surface area contributed by atoms with Gasteiger partial charge in [0.2, 0.25) is 6.10 Å². The second kappa shape index (κ2) is 5.07. The summed E-state index contributed by atoms with van der Waals surface area (Å²) in [6, 6.07) is 6.53. The SMILES string of the molecule is O=C(O)C(Oc1ccncc1)c1cccnc1. The summed E-state index contributed by atoms with van der Waals surface area (Å²) in [6.45, 7) is 0. The van der Waals surface area contributed by atoms with Gasteiger partial charge in [-0.1, -0.05) is 6.07 Å². The Hall–Kier alpha value is -2.43. The van der Waals surface area contributed by atoms with Crippen LogP contribution in [-0.2, 0) is 4.79 Å². The van der Waals surface area contributed by atoms with Crippen molar-refractivity contribution in [3.8, 4) is 5.75 Å². The Kier molecular flexibility index (Phi) is 3.30. The van der Waals surface area contributed by atoms with E-state index in [1.54, 1.807) is 30.5 Å². The van der Waals surface area contributed by atoms with Crippen molar-refractivity contribution in [1.82, 2.24) is 9.97 Å². The van der Waals surface area contributed by atoms with Crippen LogP contribution in [0.3, 0.4) is 0 Å². The Morgan fingerprint density at radius 1 is 1.18 bits per heavy atom. The number of carbonyl (C=O) groups is 1. The standard InChI is InChI=1S/C12H10N2O3/c15-12(16)11(9-2-1-5-14-8-9)17-10-3-6-13-7-4-10/h1-8,11H,(H,15,16). The Bertz CT molecular complexity index is 488. The molecule has 0 saturated heterocycles. The van der Waals surface area contributed by atoms with E-state index in [0.29, 0.717) is 11.3 Å². The summed E-state index contributed by atoms with van der Waals surface area (Å²) >= 11 is 0. The number of hydrogen-bond donors (Lipinski definition) is 1. The number of ether oxygens (including phenoxy) is 1. The quantitative estimate of drug-likeness (QED) is 0.865. The summed E-state index contributed by atoms with van der Waals surface area (Å²) in [5.74, 6) is -0.605.